The summed E-state index contributed by atoms with van der Waals surface area (Å²) in [6.07, 6.45) is 11.0. The molecule has 2 aliphatic heterocycles. The average molecular weight is 360 g/mol. The van der Waals surface area contributed by atoms with Gasteiger partial charge in [-0.1, -0.05) is 0 Å². The fourth-order valence-electron chi connectivity index (χ4n) is 4.87. The first-order chi connectivity index (χ1) is 12.7. The van der Waals surface area contributed by atoms with Crippen molar-refractivity contribution in [1.82, 2.24) is 15.6 Å². The van der Waals surface area contributed by atoms with Crippen LogP contribution in [0.2, 0.25) is 0 Å². The minimum Gasteiger partial charge on any atom is -0.485 e. The lowest BCUT2D eigenvalue weighted by atomic mass is 9.67. The van der Waals surface area contributed by atoms with Crippen LogP contribution in [-0.2, 0) is 4.74 Å². The average Bonchev–Trinajstić information content (AvgIpc) is 2.68. The summed E-state index contributed by atoms with van der Waals surface area (Å²) < 4.78 is 11.9. The number of rotatable bonds is 4. The van der Waals surface area contributed by atoms with Gasteiger partial charge < -0.3 is 20.1 Å². The van der Waals surface area contributed by atoms with E-state index in [1.807, 2.05) is 25.3 Å². The lowest BCUT2D eigenvalue weighted by molar-refractivity contribution is -0.0208. The molecule has 3 heterocycles. The molecule has 0 amide bonds. The zero-order valence-electron chi connectivity index (χ0n) is 16.0. The number of nitrogens with one attached hydrogen (secondary N) is 2. The van der Waals surface area contributed by atoms with E-state index < -0.39 is 0 Å². The van der Waals surface area contributed by atoms with E-state index in [0.717, 1.165) is 24.5 Å². The summed E-state index contributed by atoms with van der Waals surface area (Å²) in [4.78, 5) is 4.34. The first-order valence-electron chi connectivity index (χ1n) is 10.4. The van der Waals surface area contributed by atoms with Gasteiger partial charge in [0.05, 0.1) is 12.8 Å². The van der Waals surface area contributed by atoms with Gasteiger partial charge in [-0.25, -0.2) is 0 Å². The number of ether oxygens (including phenoxy) is 2. The summed E-state index contributed by atoms with van der Waals surface area (Å²) in [5, 5.41) is 7.43. The van der Waals surface area contributed by atoms with E-state index in [1.54, 1.807) is 0 Å². The van der Waals surface area contributed by atoms with E-state index >= 15 is 0 Å². The van der Waals surface area contributed by atoms with Crippen molar-refractivity contribution in [2.75, 3.05) is 26.3 Å². The molecule has 2 atom stereocenters. The van der Waals surface area contributed by atoms with Crippen LogP contribution in [-0.4, -0.2) is 49.5 Å². The van der Waals surface area contributed by atoms with Crippen LogP contribution in [0.15, 0.2) is 18.3 Å². The molecule has 2 N–H and O–H groups in total. The van der Waals surface area contributed by atoms with E-state index in [1.165, 1.54) is 51.6 Å². The van der Waals surface area contributed by atoms with Gasteiger partial charge in [0, 0.05) is 24.4 Å². The van der Waals surface area contributed by atoms with E-state index in [4.69, 9.17) is 9.47 Å². The van der Waals surface area contributed by atoms with Crippen LogP contribution in [0, 0.1) is 12.3 Å². The van der Waals surface area contributed by atoms with Crippen molar-refractivity contribution in [2.24, 2.45) is 5.41 Å². The largest absolute Gasteiger partial charge is 0.485 e. The highest BCUT2D eigenvalue weighted by Gasteiger charge is 2.37. The highest BCUT2D eigenvalue weighted by molar-refractivity contribution is 5.19. The Morgan fingerprint density at radius 3 is 2.69 bits per heavy atom. The second kappa shape index (κ2) is 8.24. The molecule has 4 rings (SSSR count). The van der Waals surface area contributed by atoms with Gasteiger partial charge in [-0.15, -0.1) is 0 Å². The lowest BCUT2D eigenvalue weighted by Gasteiger charge is -2.44. The zero-order chi connectivity index (χ0) is 17.8. The summed E-state index contributed by atoms with van der Waals surface area (Å²) >= 11 is 0. The Bertz CT molecular complexity index is 561. The molecule has 3 aliphatic rings. The first kappa shape index (κ1) is 18.2. The van der Waals surface area contributed by atoms with Crippen molar-refractivity contribution in [3.63, 3.8) is 0 Å². The molecule has 1 aliphatic carbocycles. The third-order valence-electron chi connectivity index (χ3n) is 6.64. The lowest BCUT2D eigenvalue weighted by Crippen LogP contribution is -2.54. The number of nitrogens with zero attached hydrogens (tertiary/aromatic N) is 1. The molecule has 3 fully saturated rings. The fourth-order valence-corrected chi connectivity index (χ4v) is 4.87. The normalized spacial score (nSPS) is 29.6. The van der Waals surface area contributed by atoms with Crippen molar-refractivity contribution in [3.8, 4) is 5.75 Å². The molecule has 5 heteroatoms. The molecule has 1 saturated carbocycles. The Balaban J connectivity index is 1.31. The Morgan fingerprint density at radius 2 is 1.96 bits per heavy atom. The molecule has 5 nitrogen and oxygen atoms in total. The molecule has 1 aromatic rings. The maximum atomic E-state index is 6.22. The van der Waals surface area contributed by atoms with Gasteiger partial charge in [0.15, 0.2) is 0 Å². The predicted molar refractivity (Wildman–Crippen MR) is 103 cm³/mol. The second-order valence-electron chi connectivity index (χ2n) is 8.45. The molecule has 0 bridgehead atoms. The minimum absolute atomic E-state index is 0.0722. The van der Waals surface area contributed by atoms with E-state index in [0.29, 0.717) is 24.1 Å². The van der Waals surface area contributed by atoms with Gasteiger partial charge in [0.1, 0.15) is 11.9 Å². The topological polar surface area (TPSA) is 55.4 Å². The Hall–Kier alpha value is -1.17. The molecular weight excluding hydrogens is 326 g/mol. The second-order valence-corrected chi connectivity index (χ2v) is 8.45. The van der Waals surface area contributed by atoms with Crippen molar-refractivity contribution < 1.29 is 9.47 Å². The number of hydrogen-bond acceptors (Lipinski definition) is 5. The Kier molecular flexibility index (Phi) is 5.77. The number of pyridine rings is 1. The maximum absolute atomic E-state index is 6.22. The van der Waals surface area contributed by atoms with Crippen LogP contribution in [0.3, 0.4) is 0 Å². The predicted octanol–water partition coefficient (Wildman–Crippen LogP) is 2.83. The molecular formula is C21H33N3O2. The van der Waals surface area contributed by atoms with Gasteiger partial charge in [0.2, 0.25) is 0 Å². The third kappa shape index (κ3) is 4.38. The monoisotopic (exact) mass is 359 g/mol. The van der Waals surface area contributed by atoms with Crippen LogP contribution in [0.4, 0.5) is 0 Å². The standard InChI is InChI=1S/C21H33N3O2/c1-16-2-3-18(14-23-16)26-20-15-25-13-6-19(20)24-17-4-7-21(8-5-17)9-11-22-12-10-21/h2-3,14,17,19-20,22,24H,4-13,15H2,1H3/t19-,20+/m1/s1. The molecule has 1 aromatic heterocycles. The summed E-state index contributed by atoms with van der Waals surface area (Å²) in [5.41, 5.74) is 1.64. The minimum atomic E-state index is 0.0722. The summed E-state index contributed by atoms with van der Waals surface area (Å²) in [7, 11) is 0. The van der Waals surface area contributed by atoms with Gasteiger partial charge in [-0.3, -0.25) is 4.98 Å². The molecule has 0 radical (unpaired) electrons. The van der Waals surface area contributed by atoms with Crippen molar-refractivity contribution in [3.05, 3.63) is 24.0 Å². The first-order valence-corrected chi connectivity index (χ1v) is 10.4. The molecule has 0 unspecified atom stereocenters. The SMILES string of the molecule is Cc1ccc(O[C@H]2COCC[C@H]2NC2CCC3(CCNCC3)CC2)cn1. The molecule has 144 valence electrons. The van der Waals surface area contributed by atoms with Crippen molar-refractivity contribution in [2.45, 2.75) is 70.1 Å². The van der Waals surface area contributed by atoms with E-state index in [9.17, 15) is 0 Å². The quantitative estimate of drug-likeness (QED) is 0.866. The molecule has 26 heavy (non-hydrogen) atoms. The van der Waals surface area contributed by atoms with Gasteiger partial charge in [-0.05, 0) is 82.5 Å². The zero-order valence-corrected chi connectivity index (χ0v) is 16.0. The molecule has 1 spiro atoms. The van der Waals surface area contributed by atoms with Gasteiger partial charge in [0.25, 0.3) is 0 Å². The van der Waals surface area contributed by atoms with Crippen molar-refractivity contribution >= 4 is 0 Å². The van der Waals surface area contributed by atoms with Crippen LogP contribution < -0.4 is 15.4 Å². The number of aryl methyl sites for hydroxylation is 1. The third-order valence-corrected chi connectivity index (χ3v) is 6.64. The number of aromatic nitrogens is 1. The highest BCUT2D eigenvalue weighted by Crippen LogP contribution is 2.43. The molecule has 2 saturated heterocycles. The Morgan fingerprint density at radius 1 is 1.15 bits per heavy atom. The molecule has 0 aromatic carbocycles. The Labute approximate surface area is 157 Å². The van der Waals surface area contributed by atoms with Gasteiger partial charge in [-0.2, -0.15) is 0 Å². The fraction of sp³-hybridized carbons (Fsp3) is 0.762. The number of piperidine rings is 1. The van der Waals surface area contributed by atoms with Crippen molar-refractivity contribution in [1.29, 1.82) is 0 Å². The van der Waals surface area contributed by atoms with E-state index in [2.05, 4.69) is 15.6 Å². The summed E-state index contributed by atoms with van der Waals surface area (Å²) in [6.45, 7) is 5.90. The maximum Gasteiger partial charge on any atom is 0.138 e. The smallest absolute Gasteiger partial charge is 0.138 e. The van der Waals surface area contributed by atoms with Crippen LogP contribution >= 0.6 is 0 Å². The van der Waals surface area contributed by atoms with E-state index in [-0.39, 0.29) is 6.10 Å². The van der Waals surface area contributed by atoms with Crippen LogP contribution in [0.1, 0.15) is 50.6 Å². The summed E-state index contributed by atoms with van der Waals surface area (Å²) in [5.74, 6) is 0.843. The summed E-state index contributed by atoms with van der Waals surface area (Å²) in [6, 6.07) is 5.01. The highest BCUT2D eigenvalue weighted by atomic mass is 16.5. The van der Waals surface area contributed by atoms with Crippen LogP contribution in [0.25, 0.3) is 0 Å². The van der Waals surface area contributed by atoms with Crippen LogP contribution in [0.5, 0.6) is 5.75 Å². The van der Waals surface area contributed by atoms with Gasteiger partial charge >= 0.3 is 0 Å². The number of hydrogen-bond donors (Lipinski definition) is 2.